The van der Waals surface area contributed by atoms with Crippen molar-refractivity contribution in [2.24, 2.45) is 0 Å². The largest absolute Gasteiger partial charge is 0.434 e. The average Bonchev–Trinajstić information content (AvgIpc) is 3.12. The van der Waals surface area contributed by atoms with Crippen LogP contribution in [0.4, 0.5) is 8.78 Å². The molecule has 26 heavy (non-hydrogen) atoms. The Bertz CT molecular complexity index is 650. The van der Waals surface area contributed by atoms with E-state index in [0.29, 0.717) is 19.4 Å². The van der Waals surface area contributed by atoms with Crippen LogP contribution in [-0.4, -0.2) is 55.0 Å². The predicted molar refractivity (Wildman–Crippen MR) is 91.2 cm³/mol. The lowest BCUT2D eigenvalue weighted by molar-refractivity contribution is -0.125. The average molecular weight is 367 g/mol. The fraction of sp³-hybridized carbons (Fsp3) is 0.556. The number of carbonyl (C=O) groups excluding carboxylic acids is 2. The Kier molecular flexibility index (Phi) is 6.03. The normalized spacial score (nSPS) is 21.0. The van der Waals surface area contributed by atoms with E-state index in [2.05, 4.69) is 15.4 Å². The van der Waals surface area contributed by atoms with Gasteiger partial charge in [-0.25, -0.2) is 0 Å². The van der Waals surface area contributed by atoms with E-state index in [9.17, 15) is 18.4 Å². The Hall–Kier alpha value is -2.22. The number of likely N-dealkylation sites (tertiary alicyclic amines) is 1. The molecule has 2 aliphatic heterocycles. The lowest BCUT2D eigenvalue weighted by Gasteiger charge is -2.29. The van der Waals surface area contributed by atoms with Gasteiger partial charge in [0.1, 0.15) is 11.8 Å². The molecule has 2 aliphatic rings. The summed E-state index contributed by atoms with van der Waals surface area (Å²) < 4.78 is 29.6. The Labute approximate surface area is 150 Å². The minimum atomic E-state index is -3.01. The van der Waals surface area contributed by atoms with E-state index in [-0.39, 0.29) is 23.3 Å². The van der Waals surface area contributed by atoms with E-state index in [1.54, 1.807) is 6.07 Å². The first kappa shape index (κ1) is 18.6. The summed E-state index contributed by atoms with van der Waals surface area (Å²) in [4.78, 5) is 27.0. The quantitative estimate of drug-likeness (QED) is 0.832. The van der Waals surface area contributed by atoms with Crippen molar-refractivity contribution in [1.82, 2.24) is 15.5 Å². The molecule has 8 heteroatoms. The van der Waals surface area contributed by atoms with E-state index in [1.807, 2.05) is 0 Å². The molecule has 0 saturated carbocycles. The number of piperidine rings is 1. The van der Waals surface area contributed by atoms with Gasteiger partial charge in [0, 0.05) is 12.6 Å². The number of benzene rings is 1. The third kappa shape index (κ3) is 4.30. The molecule has 0 radical (unpaired) electrons. The zero-order chi connectivity index (χ0) is 18.5. The minimum absolute atomic E-state index is 0.0503. The van der Waals surface area contributed by atoms with Crippen LogP contribution >= 0.6 is 0 Å². The summed E-state index contributed by atoms with van der Waals surface area (Å²) in [6.45, 7) is -0.874. The van der Waals surface area contributed by atoms with Crippen LogP contribution in [0.3, 0.4) is 0 Å². The number of rotatable bonds is 5. The summed E-state index contributed by atoms with van der Waals surface area (Å²) in [6.07, 6.45) is 2.99. The van der Waals surface area contributed by atoms with E-state index in [4.69, 9.17) is 0 Å². The van der Waals surface area contributed by atoms with Crippen molar-refractivity contribution in [3.05, 3.63) is 29.8 Å². The monoisotopic (exact) mass is 367 g/mol. The molecule has 1 atom stereocenters. The molecular weight excluding hydrogens is 344 g/mol. The van der Waals surface area contributed by atoms with Crippen LogP contribution in [0.5, 0.6) is 5.75 Å². The molecule has 0 aromatic heterocycles. The number of hydrogen-bond acceptors (Lipinski definition) is 4. The molecule has 2 saturated heterocycles. The standard InChI is InChI=1S/C18H23F2N3O3/c19-18(20)26-15-6-2-1-4-13(15)17(25)23-11-3-5-14(23)16(24)22-12-7-9-21-10-8-12/h1-2,4,6,12,14,18,21H,3,5,7-11H2,(H,22,24). The van der Waals surface area contributed by atoms with Gasteiger partial charge < -0.3 is 20.3 Å². The van der Waals surface area contributed by atoms with Crippen LogP contribution < -0.4 is 15.4 Å². The molecule has 1 aromatic rings. The van der Waals surface area contributed by atoms with Gasteiger partial charge in [0.05, 0.1) is 5.56 Å². The summed E-state index contributed by atoms with van der Waals surface area (Å²) in [5, 5.41) is 6.26. The first-order valence-electron chi connectivity index (χ1n) is 8.92. The molecule has 2 N–H and O–H groups in total. The van der Waals surface area contributed by atoms with Crippen LogP contribution in [0.2, 0.25) is 0 Å². The molecule has 0 aliphatic carbocycles. The topological polar surface area (TPSA) is 70.7 Å². The first-order chi connectivity index (χ1) is 12.6. The fourth-order valence-corrected chi connectivity index (χ4v) is 3.54. The van der Waals surface area contributed by atoms with Gasteiger partial charge in [-0.2, -0.15) is 8.78 Å². The van der Waals surface area contributed by atoms with Crippen LogP contribution in [0.1, 0.15) is 36.0 Å². The smallest absolute Gasteiger partial charge is 0.387 e. The maximum absolute atomic E-state index is 12.9. The SMILES string of the molecule is O=C(NC1CCNCC1)C1CCCN1C(=O)c1ccccc1OC(F)F. The fourth-order valence-electron chi connectivity index (χ4n) is 3.54. The number of halogens is 2. The Morgan fingerprint density at radius 1 is 1.19 bits per heavy atom. The van der Waals surface area contributed by atoms with Crippen molar-refractivity contribution in [3.63, 3.8) is 0 Å². The lowest BCUT2D eigenvalue weighted by atomic mass is 10.1. The van der Waals surface area contributed by atoms with Gasteiger partial charge in [0.2, 0.25) is 5.91 Å². The van der Waals surface area contributed by atoms with Gasteiger partial charge in [-0.1, -0.05) is 12.1 Å². The van der Waals surface area contributed by atoms with Crippen molar-refractivity contribution >= 4 is 11.8 Å². The molecule has 6 nitrogen and oxygen atoms in total. The summed E-state index contributed by atoms with van der Waals surface area (Å²) >= 11 is 0. The maximum atomic E-state index is 12.9. The van der Waals surface area contributed by atoms with Gasteiger partial charge in [0.25, 0.3) is 5.91 Å². The second-order valence-corrected chi connectivity index (χ2v) is 6.56. The van der Waals surface area contributed by atoms with Crippen LogP contribution in [-0.2, 0) is 4.79 Å². The van der Waals surface area contributed by atoms with E-state index < -0.39 is 18.6 Å². The number of alkyl halides is 2. The van der Waals surface area contributed by atoms with Crippen molar-refractivity contribution in [2.45, 2.75) is 44.4 Å². The third-order valence-electron chi connectivity index (χ3n) is 4.84. The number of hydrogen-bond donors (Lipinski definition) is 2. The molecule has 1 unspecified atom stereocenters. The van der Waals surface area contributed by atoms with E-state index >= 15 is 0 Å². The number of carbonyl (C=O) groups is 2. The van der Waals surface area contributed by atoms with Gasteiger partial charge in [0.15, 0.2) is 0 Å². The zero-order valence-corrected chi connectivity index (χ0v) is 14.4. The predicted octanol–water partition coefficient (Wildman–Crippen LogP) is 1.76. The Balaban J connectivity index is 1.71. The summed E-state index contributed by atoms with van der Waals surface area (Å²) in [6, 6.07) is 5.43. The molecule has 2 fully saturated rings. The summed E-state index contributed by atoms with van der Waals surface area (Å²) in [7, 11) is 0. The van der Waals surface area contributed by atoms with Crippen molar-refractivity contribution in [2.75, 3.05) is 19.6 Å². The molecule has 142 valence electrons. The Morgan fingerprint density at radius 2 is 1.92 bits per heavy atom. The second-order valence-electron chi connectivity index (χ2n) is 6.56. The van der Waals surface area contributed by atoms with Gasteiger partial charge in [-0.3, -0.25) is 9.59 Å². The van der Waals surface area contributed by atoms with Gasteiger partial charge in [-0.15, -0.1) is 0 Å². The van der Waals surface area contributed by atoms with Gasteiger partial charge in [-0.05, 0) is 50.9 Å². The highest BCUT2D eigenvalue weighted by Crippen LogP contribution is 2.26. The molecule has 2 amide bonds. The highest BCUT2D eigenvalue weighted by atomic mass is 19.3. The number of para-hydroxylation sites is 1. The maximum Gasteiger partial charge on any atom is 0.387 e. The molecule has 2 heterocycles. The minimum Gasteiger partial charge on any atom is -0.434 e. The van der Waals surface area contributed by atoms with Crippen molar-refractivity contribution in [1.29, 1.82) is 0 Å². The van der Waals surface area contributed by atoms with Crippen LogP contribution in [0.25, 0.3) is 0 Å². The Morgan fingerprint density at radius 3 is 2.65 bits per heavy atom. The van der Waals surface area contributed by atoms with Crippen LogP contribution in [0, 0.1) is 0 Å². The molecule has 3 rings (SSSR count). The zero-order valence-electron chi connectivity index (χ0n) is 14.4. The number of ether oxygens (including phenoxy) is 1. The van der Waals surface area contributed by atoms with Crippen LogP contribution in [0.15, 0.2) is 24.3 Å². The first-order valence-corrected chi connectivity index (χ1v) is 8.92. The summed E-state index contributed by atoms with van der Waals surface area (Å²) in [5.74, 6) is -0.795. The van der Waals surface area contributed by atoms with E-state index in [1.165, 1.54) is 23.1 Å². The summed E-state index contributed by atoms with van der Waals surface area (Å²) in [5.41, 5.74) is 0.0503. The molecule has 0 bridgehead atoms. The highest BCUT2D eigenvalue weighted by Gasteiger charge is 2.36. The second kappa shape index (κ2) is 8.44. The molecule has 0 spiro atoms. The third-order valence-corrected chi connectivity index (χ3v) is 4.84. The number of nitrogens with zero attached hydrogens (tertiary/aromatic N) is 1. The molecular formula is C18H23F2N3O3. The number of nitrogens with one attached hydrogen (secondary N) is 2. The van der Waals surface area contributed by atoms with Crippen molar-refractivity contribution in [3.8, 4) is 5.75 Å². The number of amides is 2. The van der Waals surface area contributed by atoms with Crippen molar-refractivity contribution < 1.29 is 23.1 Å². The molecule has 1 aromatic carbocycles. The highest BCUT2D eigenvalue weighted by molar-refractivity contribution is 6.00. The van der Waals surface area contributed by atoms with Gasteiger partial charge >= 0.3 is 6.61 Å². The lowest BCUT2D eigenvalue weighted by Crippen LogP contribution is -2.51. The van der Waals surface area contributed by atoms with E-state index in [0.717, 1.165) is 25.9 Å².